The quantitative estimate of drug-likeness (QED) is 0.150. The van der Waals surface area contributed by atoms with Gasteiger partial charge in [-0.15, -0.1) is 0 Å². The first-order valence-electron chi connectivity index (χ1n) is 14.4. The van der Waals surface area contributed by atoms with Crippen molar-refractivity contribution in [3.63, 3.8) is 0 Å². The summed E-state index contributed by atoms with van der Waals surface area (Å²) in [7, 11) is 3.75. The Morgan fingerprint density at radius 1 is 0.898 bits per heavy atom. The SMILES string of the molecule is C=C(CC(=O)OC)C(=O)O.C=C(CC(=O)OC)C(=O)OCc1ccco1.COC(=O)CC12CC3C=CC1(COC2=O)O3.OCc1ccco1. The molecule has 3 aliphatic heterocycles. The number of carboxylic acid groups (broad SMARTS) is 1. The second kappa shape index (κ2) is 18.8. The normalized spacial score (nSPS) is 20.3. The number of carbonyl (C=O) groups is 6. The molecule has 16 nitrogen and oxygen atoms in total. The van der Waals surface area contributed by atoms with Crippen LogP contribution < -0.4 is 0 Å². The molecule has 0 aromatic carbocycles. The molecule has 3 atom stereocenters. The fourth-order valence-corrected chi connectivity index (χ4v) is 4.59. The summed E-state index contributed by atoms with van der Waals surface area (Å²) in [6, 6.07) is 6.83. The predicted octanol–water partition coefficient (Wildman–Crippen LogP) is 2.59. The minimum Gasteiger partial charge on any atom is -0.478 e. The lowest BCUT2D eigenvalue weighted by Crippen LogP contribution is -2.45. The molecular weight excluding hydrogens is 652 g/mol. The number of furan rings is 2. The Morgan fingerprint density at radius 2 is 1.47 bits per heavy atom. The Morgan fingerprint density at radius 3 is 1.94 bits per heavy atom. The molecule has 0 aliphatic carbocycles. The molecule has 0 radical (unpaired) electrons. The number of cyclic esters (lactones) is 1. The van der Waals surface area contributed by atoms with Gasteiger partial charge in [0.15, 0.2) is 0 Å². The summed E-state index contributed by atoms with van der Waals surface area (Å²) in [5.74, 6) is -2.54. The van der Waals surface area contributed by atoms with Crippen molar-refractivity contribution in [2.75, 3.05) is 27.9 Å². The van der Waals surface area contributed by atoms with E-state index >= 15 is 0 Å². The van der Waals surface area contributed by atoms with Crippen LogP contribution in [-0.4, -0.2) is 85.7 Å². The van der Waals surface area contributed by atoms with Crippen molar-refractivity contribution >= 4 is 35.8 Å². The highest BCUT2D eigenvalue weighted by atomic mass is 16.6. The number of methoxy groups -OCH3 is 3. The highest BCUT2D eigenvalue weighted by Crippen LogP contribution is 2.58. The first-order chi connectivity index (χ1) is 23.3. The summed E-state index contributed by atoms with van der Waals surface area (Å²) >= 11 is 0. The van der Waals surface area contributed by atoms with E-state index in [1.54, 1.807) is 24.3 Å². The summed E-state index contributed by atoms with van der Waals surface area (Å²) in [4.78, 5) is 65.9. The van der Waals surface area contributed by atoms with Gasteiger partial charge in [0.1, 0.15) is 42.4 Å². The molecule has 3 unspecified atom stereocenters. The van der Waals surface area contributed by atoms with E-state index < -0.39 is 40.9 Å². The second-order valence-electron chi connectivity index (χ2n) is 10.4. The monoisotopic (exact) mass is 690 g/mol. The Hall–Kier alpha value is -5.48. The predicted molar refractivity (Wildman–Crippen MR) is 164 cm³/mol. The molecule has 2 aromatic rings. The van der Waals surface area contributed by atoms with Gasteiger partial charge in [0.25, 0.3) is 0 Å². The topological polar surface area (TPSA) is 225 Å². The number of aliphatic carboxylic acids is 1. The Labute approximate surface area is 280 Å². The van der Waals surface area contributed by atoms with Gasteiger partial charge in [-0.05, 0) is 36.8 Å². The first kappa shape index (κ1) is 39.7. The van der Waals surface area contributed by atoms with Gasteiger partial charge in [-0.25, -0.2) is 9.59 Å². The summed E-state index contributed by atoms with van der Waals surface area (Å²) in [6.45, 7) is 6.80. The van der Waals surface area contributed by atoms with Gasteiger partial charge >= 0.3 is 35.8 Å². The number of ether oxygens (including phenoxy) is 6. The maximum absolute atomic E-state index is 11.9. The van der Waals surface area contributed by atoms with E-state index in [1.807, 2.05) is 12.2 Å². The van der Waals surface area contributed by atoms with Crippen molar-refractivity contribution in [2.24, 2.45) is 5.41 Å². The van der Waals surface area contributed by atoms with E-state index in [2.05, 4.69) is 27.4 Å². The molecule has 2 aromatic heterocycles. The zero-order valence-electron chi connectivity index (χ0n) is 27.2. The maximum Gasteiger partial charge on any atom is 0.334 e. The second-order valence-corrected chi connectivity index (χ2v) is 10.4. The minimum atomic E-state index is -1.18. The number of hydrogen-bond donors (Lipinski definition) is 2. The van der Waals surface area contributed by atoms with Crippen LogP contribution in [-0.2, 0) is 70.4 Å². The van der Waals surface area contributed by atoms with E-state index in [0.717, 1.165) is 0 Å². The number of aliphatic hydroxyl groups excluding tert-OH is 1. The van der Waals surface area contributed by atoms with Gasteiger partial charge in [0.05, 0.1) is 59.2 Å². The van der Waals surface area contributed by atoms with Crippen LogP contribution in [0.5, 0.6) is 0 Å². The van der Waals surface area contributed by atoms with Crippen LogP contribution in [0.3, 0.4) is 0 Å². The molecule has 16 heteroatoms. The van der Waals surface area contributed by atoms with E-state index in [-0.39, 0.29) is 62.3 Å². The number of aliphatic hydroxyl groups is 1. The molecular formula is C33H38O16. The molecule has 0 amide bonds. The van der Waals surface area contributed by atoms with E-state index in [1.165, 1.54) is 33.9 Å². The number of esters is 5. The van der Waals surface area contributed by atoms with Gasteiger partial charge in [-0.3, -0.25) is 19.2 Å². The minimum absolute atomic E-state index is 0.00694. The molecule has 2 fully saturated rings. The van der Waals surface area contributed by atoms with Crippen LogP contribution in [0.25, 0.3) is 0 Å². The molecule has 2 N–H and O–H groups in total. The number of hydrogen-bond acceptors (Lipinski definition) is 15. The molecule has 5 rings (SSSR count). The number of carbonyl (C=O) groups excluding carboxylic acids is 5. The van der Waals surface area contributed by atoms with Crippen LogP contribution in [0.15, 0.2) is 82.1 Å². The zero-order valence-corrected chi connectivity index (χ0v) is 27.2. The van der Waals surface area contributed by atoms with Crippen molar-refractivity contribution in [3.8, 4) is 0 Å². The van der Waals surface area contributed by atoms with Crippen LogP contribution in [0.2, 0.25) is 0 Å². The number of fused-ring (bicyclic) bond motifs is 1. The fourth-order valence-electron chi connectivity index (χ4n) is 4.59. The van der Waals surface area contributed by atoms with E-state index in [4.69, 9.17) is 33.3 Å². The van der Waals surface area contributed by atoms with Gasteiger partial charge in [-0.1, -0.05) is 19.2 Å². The highest BCUT2D eigenvalue weighted by Gasteiger charge is 2.70. The van der Waals surface area contributed by atoms with Crippen molar-refractivity contribution in [1.82, 2.24) is 0 Å². The average molecular weight is 691 g/mol. The van der Waals surface area contributed by atoms with Crippen LogP contribution >= 0.6 is 0 Å². The summed E-state index contributed by atoms with van der Waals surface area (Å²) in [5.41, 5.74) is -1.70. The summed E-state index contributed by atoms with van der Waals surface area (Å²) in [5, 5.41) is 16.6. The lowest BCUT2D eigenvalue weighted by Gasteiger charge is -2.30. The van der Waals surface area contributed by atoms with E-state index in [0.29, 0.717) is 17.9 Å². The molecule has 0 saturated carbocycles. The third-order valence-electron chi connectivity index (χ3n) is 7.21. The Bertz CT molecular complexity index is 1500. The Balaban J connectivity index is 0.000000238. The van der Waals surface area contributed by atoms with Crippen molar-refractivity contribution in [3.05, 3.63) is 84.8 Å². The standard InChI is InChI=1S/2C11H12O5.C6H8O4.C5H6O2/c1-14-8(12)5-10-4-7-2-3-11(10,16-7)6-15-9(10)13;1-8(6-10(12)14-2)11(13)16-7-9-4-3-5-15-9;1-4(6(8)9)3-5(7)10-2;6-4-5-2-1-3-7-5/h2-3,7H,4-6H2,1H3;3-5H,1,6-7H2,2H3;1,3H2,2H3,(H,8,9);1-3,6H,4H2. The van der Waals surface area contributed by atoms with E-state index in [9.17, 15) is 28.8 Å². The average Bonchev–Trinajstić information content (AvgIpc) is 3.94. The highest BCUT2D eigenvalue weighted by molar-refractivity contribution is 5.93. The van der Waals surface area contributed by atoms with Crippen LogP contribution in [0, 0.1) is 5.41 Å². The molecule has 266 valence electrons. The largest absolute Gasteiger partial charge is 0.478 e. The molecule has 2 saturated heterocycles. The lowest BCUT2D eigenvalue weighted by atomic mass is 9.68. The zero-order chi connectivity index (χ0) is 36.6. The molecule has 1 spiro atoms. The fraction of sp³-hybridized carbons (Fsp3) is 0.394. The molecule has 3 aliphatic rings. The van der Waals surface area contributed by atoms with Gasteiger partial charge < -0.3 is 47.5 Å². The Kier molecular flexibility index (Phi) is 15.2. The molecule has 2 bridgehead atoms. The van der Waals surface area contributed by atoms with Crippen molar-refractivity contribution < 1.29 is 76.2 Å². The van der Waals surface area contributed by atoms with Crippen LogP contribution in [0.4, 0.5) is 0 Å². The summed E-state index contributed by atoms with van der Waals surface area (Å²) in [6.07, 6.45) is 6.84. The smallest absolute Gasteiger partial charge is 0.334 e. The molecule has 5 heterocycles. The molecule has 49 heavy (non-hydrogen) atoms. The third-order valence-corrected chi connectivity index (χ3v) is 7.21. The lowest BCUT2D eigenvalue weighted by molar-refractivity contribution is -0.154. The number of carboxylic acids is 1. The van der Waals surface area contributed by atoms with Gasteiger partial charge in [0, 0.05) is 11.1 Å². The number of rotatable bonds is 11. The van der Waals surface area contributed by atoms with Crippen molar-refractivity contribution in [1.29, 1.82) is 0 Å². The summed E-state index contributed by atoms with van der Waals surface area (Å²) < 4.78 is 38.6. The van der Waals surface area contributed by atoms with Crippen molar-refractivity contribution in [2.45, 2.75) is 50.6 Å². The third kappa shape index (κ3) is 11.0. The van der Waals surface area contributed by atoms with Gasteiger partial charge in [0.2, 0.25) is 0 Å². The maximum atomic E-state index is 11.9. The van der Waals surface area contributed by atoms with Gasteiger partial charge in [-0.2, -0.15) is 0 Å². The van der Waals surface area contributed by atoms with Crippen LogP contribution in [0.1, 0.15) is 37.2 Å². The first-order valence-corrected chi connectivity index (χ1v) is 14.4.